The van der Waals surface area contributed by atoms with E-state index in [-0.39, 0.29) is 12.2 Å². The van der Waals surface area contributed by atoms with Gasteiger partial charge in [-0.2, -0.15) is 0 Å². The molecule has 0 radical (unpaired) electrons. The molecule has 1 saturated heterocycles. The third-order valence-corrected chi connectivity index (χ3v) is 6.26. The summed E-state index contributed by atoms with van der Waals surface area (Å²) in [5.41, 5.74) is 3.66. The van der Waals surface area contributed by atoms with Crippen LogP contribution < -0.4 is 10.1 Å². The van der Waals surface area contributed by atoms with Crippen LogP contribution in [0.2, 0.25) is 0 Å². The van der Waals surface area contributed by atoms with E-state index < -0.39 is 0 Å². The van der Waals surface area contributed by atoms with Crippen molar-refractivity contribution in [1.82, 2.24) is 4.90 Å². The number of methoxy groups -OCH3 is 1. The number of nitrogens with zero attached hydrogens (tertiary/aromatic N) is 1. The first-order chi connectivity index (χ1) is 15.6. The summed E-state index contributed by atoms with van der Waals surface area (Å²) in [7, 11) is 1.72. The number of hydrogen-bond acceptors (Lipinski definition) is 5. The molecular weight excluding hydrogens is 400 g/mol. The molecule has 2 aromatic carbocycles. The molecule has 2 atom stereocenters. The summed E-state index contributed by atoms with van der Waals surface area (Å²) < 4.78 is 5.50. The lowest BCUT2D eigenvalue weighted by atomic mass is 10.0. The number of rotatable bonds is 11. The number of benzene rings is 2. The molecule has 5 nitrogen and oxygen atoms in total. The Morgan fingerprint density at radius 2 is 1.69 bits per heavy atom. The van der Waals surface area contributed by atoms with Gasteiger partial charge >= 0.3 is 0 Å². The molecule has 1 aliphatic heterocycles. The fourth-order valence-corrected chi connectivity index (χ4v) is 4.41. The van der Waals surface area contributed by atoms with Crippen LogP contribution in [0.5, 0.6) is 5.75 Å². The van der Waals surface area contributed by atoms with E-state index >= 15 is 0 Å². The van der Waals surface area contributed by atoms with Crippen molar-refractivity contribution in [3.05, 3.63) is 59.7 Å². The maximum Gasteiger partial charge on any atom is 0.121 e. The fourth-order valence-electron chi connectivity index (χ4n) is 4.41. The van der Waals surface area contributed by atoms with Crippen LogP contribution in [0, 0.1) is 0 Å². The van der Waals surface area contributed by atoms with Gasteiger partial charge < -0.3 is 25.2 Å². The van der Waals surface area contributed by atoms with Crippen LogP contribution in [0.25, 0.3) is 0 Å². The second-order valence-corrected chi connectivity index (χ2v) is 9.05. The van der Waals surface area contributed by atoms with Crippen molar-refractivity contribution in [2.24, 2.45) is 0 Å². The molecule has 176 valence electrons. The van der Waals surface area contributed by atoms with E-state index in [1.807, 2.05) is 6.07 Å². The number of aliphatic hydroxyl groups excluding tert-OH is 2. The Hall–Kier alpha value is -2.08. The molecule has 0 aliphatic carbocycles. The summed E-state index contributed by atoms with van der Waals surface area (Å²) in [6.07, 6.45) is 7.24. The third-order valence-electron chi connectivity index (χ3n) is 6.26. The topological polar surface area (TPSA) is 65.0 Å². The zero-order valence-corrected chi connectivity index (χ0v) is 19.5. The molecule has 1 unspecified atom stereocenters. The number of aliphatic hydroxyl groups is 2. The Balaban J connectivity index is 1.35. The molecule has 1 aliphatic rings. The maximum atomic E-state index is 10.1. The SMILES string of the molecule is COc1cc(Cc2ccccc2)cc(NCCCCCCN2CC[C@@H](O)CCC(O)C2)c1. The van der Waals surface area contributed by atoms with Crippen LogP contribution in [0.4, 0.5) is 5.69 Å². The van der Waals surface area contributed by atoms with E-state index in [1.54, 1.807) is 7.11 Å². The summed E-state index contributed by atoms with van der Waals surface area (Å²) in [6, 6.07) is 16.9. The highest BCUT2D eigenvalue weighted by atomic mass is 16.5. The van der Waals surface area contributed by atoms with E-state index in [9.17, 15) is 10.2 Å². The van der Waals surface area contributed by atoms with Gasteiger partial charge in [-0.25, -0.2) is 0 Å². The van der Waals surface area contributed by atoms with Crippen molar-refractivity contribution < 1.29 is 14.9 Å². The summed E-state index contributed by atoms with van der Waals surface area (Å²) in [4.78, 5) is 2.32. The van der Waals surface area contributed by atoms with Gasteiger partial charge in [-0.3, -0.25) is 0 Å². The van der Waals surface area contributed by atoms with E-state index in [4.69, 9.17) is 4.74 Å². The number of nitrogens with one attached hydrogen (secondary N) is 1. The zero-order chi connectivity index (χ0) is 22.6. The number of hydrogen-bond donors (Lipinski definition) is 3. The smallest absolute Gasteiger partial charge is 0.121 e. The molecule has 0 spiro atoms. The van der Waals surface area contributed by atoms with Gasteiger partial charge in [0.25, 0.3) is 0 Å². The van der Waals surface area contributed by atoms with E-state index in [0.717, 1.165) is 69.7 Å². The fraction of sp³-hybridized carbons (Fsp3) is 0.556. The van der Waals surface area contributed by atoms with Crippen LogP contribution in [0.15, 0.2) is 48.5 Å². The van der Waals surface area contributed by atoms with E-state index in [2.05, 4.69) is 52.7 Å². The Morgan fingerprint density at radius 1 is 0.906 bits per heavy atom. The largest absolute Gasteiger partial charge is 0.497 e. The molecule has 32 heavy (non-hydrogen) atoms. The second-order valence-electron chi connectivity index (χ2n) is 9.05. The molecular formula is C27H40N2O3. The molecule has 1 heterocycles. The first kappa shape index (κ1) is 24.6. The molecule has 3 rings (SSSR count). The zero-order valence-electron chi connectivity index (χ0n) is 19.5. The first-order valence-electron chi connectivity index (χ1n) is 12.2. The first-order valence-corrected chi connectivity index (χ1v) is 12.2. The van der Waals surface area contributed by atoms with Gasteiger partial charge in [0, 0.05) is 31.4 Å². The van der Waals surface area contributed by atoms with E-state index in [0.29, 0.717) is 6.42 Å². The van der Waals surface area contributed by atoms with Gasteiger partial charge in [0.05, 0.1) is 19.3 Å². The molecule has 3 N–H and O–H groups in total. The predicted octanol–water partition coefficient (Wildman–Crippen LogP) is 4.47. The number of unbranched alkanes of at least 4 members (excludes halogenated alkanes) is 3. The van der Waals surface area contributed by atoms with Crippen LogP contribution in [-0.4, -0.2) is 60.6 Å². The van der Waals surface area contributed by atoms with Crippen LogP contribution in [-0.2, 0) is 6.42 Å². The minimum atomic E-state index is -0.302. The lowest BCUT2D eigenvalue weighted by Crippen LogP contribution is -2.38. The van der Waals surface area contributed by atoms with Gasteiger partial charge in [0.1, 0.15) is 5.75 Å². The minimum absolute atomic E-state index is 0.261. The Labute approximate surface area is 193 Å². The normalized spacial score (nSPS) is 19.8. The van der Waals surface area contributed by atoms with Crippen molar-refractivity contribution in [3.8, 4) is 5.75 Å². The minimum Gasteiger partial charge on any atom is -0.497 e. The summed E-state index contributed by atoms with van der Waals surface area (Å²) in [5, 5.41) is 23.5. The van der Waals surface area contributed by atoms with Crippen molar-refractivity contribution >= 4 is 5.69 Å². The molecule has 5 heteroatoms. The standard InChI is InChI=1S/C27H40N2O3/c1-32-27-19-23(17-22-9-5-4-6-10-22)18-24(20-27)28-14-7-2-3-8-15-29-16-13-25(30)11-12-26(31)21-29/h4-6,9-10,18-20,25-26,28,30-31H,2-3,7-8,11-17,21H2,1H3/t25-,26?/m0/s1. The lowest BCUT2D eigenvalue weighted by Gasteiger charge is -2.29. The van der Waals surface area contributed by atoms with Crippen molar-refractivity contribution in [1.29, 1.82) is 0 Å². The van der Waals surface area contributed by atoms with Crippen molar-refractivity contribution in [2.75, 3.05) is 38.6 Å². The monoisotopic (exact) mass is 440 g/mol. The Bertz CT molecular complexity index is 784. The van der Waals surface area contributed by atoms with Gasteiger partial charge in [-0.05, 0) is 68.3 Å². The van der Waals surface area contributed by atoms with Gasteiger partial charge in [-0.15, -0.1) is 0 Å². The highest BCUT2D eigenvalue weighted by molar-refractivity contribution is 5.52. The number of β-amino-alcohol motifs (C(OH)–C–C–N with tert-alkyl or cyclic N) is 1. The second kappa shape index (κ2) is 13.5. The summed E-state index contributed by atoms with van der Waals surface area (Å²) in [5.74, 6) is 0.890. The van der Waals surface area contributed by atoms with Gasteiger partial charge in [-0.1, -0.05) is 43.2 Å². The van der Waals surface area contributed by atoms with Crippen LogP contribution in [0.1, 0.15) is 56.1 Å². The summed E-state index contributed by atoms with van der Waals surface area (Å²) >= 11 is 0. The van der Waals surface area contributed by atoms with Crippen LogP contribution >= 0.6 is 0 Å². The van der Waals surface area contributed by atoms with Gasteiger partial charge in [0.2, 0.25) is 0 Å². The average Bonchev–Trinajstić information content (AvgIpc) is 2.80. The van der Waals surface area contributed by atoms with E-state index in [1.165, 1.54) is 24.0 Å². The number of anilines is 1. The maximum absolute atomic E-state index is 10.1. The molecule has 0 aromatic heterocycles. The quantitative estimate of drug-likeness (QED) is 0.450. The highest BCUT2D eigenvalue weighted by Gasteiger charge is 2.18. The molecule has 0 amide bonds. The van der Waals surface area contributed by atoms with Gasteiger partial charge in [0.15, 0.2) is 0 Å². The third kappa shape index (κ3) is 8.81. The Kier molecular flexibility index (Phi) is 10.3. The predicted molar refractivity (Wildman–Crippen MR) is 132 cm³/mol. The van der Waals surface area contributed by atoms with Crippen LogP contribution in [0.3, 0.4) is 0 Å². The lowest BCUT2D eigenvalue weighted by molar-refractivity contribution is 0.0481. The van der Waals surface area contributed by atoms with Crippen molar-refractivity contribution in [3.63, 3.8) is 0 Å². The number of ether oxygens (including phenoxy) is 1. The van der Waals surface area contributed by atoms with Crippen molar-refractivity contribution in [2.45, 2.75) is 63.6 Å². The highest BCUT2D eigenvalue weighted by Crippen LogP contribution is 2.23. The summed E-state index contributed by atoms with van der Waals surface area (Å²) in [6.45, 7) is 3.60. The average molecular weight is 441 g/mol. The molecule has 2 aromatic rings. The molecule has 1 fully saturated rings. The molecule has 0 saturated carbocycles. The Morgan fingerprint density at radius 3 is 2.50 bits per heavy atom. The molecule has 0 bridgehead atoms. The number of likely N-dealkylation sites (tertiary alicyclic amines) is 1.